The number of rotatable bonds is 8. The van der Waals surface area contributed by atoms with Crippen molar-refractivity contribution in [2.45, 2.75) is 26.3 Å². The van der Waals surface area contributed by atoms with Crippen molar-refractivity contribution in [2.75, 3.05) is 20.2 Å². The normalized spacial score (nSPS) is 10.1. The van der Waals surface area contributed by atoms with Crippen molar-refractivity contribution in [1.82, 2.24) is 10.6 Å². The molecule has 1 aromatic carbocycles. The SMILES string of the molecule is CCCNCc1cccc(OCCC(=O)NC)c1. The van der Waals surface area contributed by atoms with Crippen LogP contribution in [-0.2, 0) is 11.3 Å². The first-order chi connectivity index (χ1) is 8.76. The first-order valence-corrected chi connectivity index (χ1v) is 6.39. The van der Waals surface area contributed by atoms with Crippen molar-refractivity contribution in [3.8, 4) is 5.75 Å². The molecule has 0 saturated heterocycles. The van der Waals surface area contributed by atoms with Crippen molar-refractivity contribution < 1.29 is 9.53 Å². The zero-order valence-corrected chi connectivity index (χ0v) is 11.2. The van der Waals surface area contributed by atoms with E-state index in [4.69, 9.17) is 4.74 Å². The molecular formula is C14H22N2O2. The highest BCUT2D eigenvalue weighted by Gasteiger charge is 2.00. The Balaban J connectivity index is 2.36. The summed E-state index contributed by atoms with van der Waals surface area (Å²) in [6.07, 6.45) is 1.51. The van der Waals surface area contributed by atoms with Gasteiger partial charge in [0.25, 0.3) is 0 Å². The van der Waals surface area contributed by atoms with Gasteiger partial charge in [-0.05, 0) is 30.7 Å². The zero-order chi connectivity index (χ0) is 13.2. The topological polar surface area (TPSA) is 50.4 Å². The molecule has 100 valence electrons. The van der Waals surface area contributed by atoms with Crippen LogP contribution in [0.1, 0.15) is 25.3 Å². The summed E-state index contributed by atoms with van der Waals surface area (Å²) in [4.78, 5) is 11.0. The number of amides is 1. The molecule has 0 atom stereocenters. The quantitative estimate of drug-likeness (QED) is 0.690. The number of benzene rings is 1. The fraction of sp³-hybridized carbons (Fsp3) is 0.500. The van der Waals surface area contributed by atoms with E-state index in [9.17, 15) is 4.79 Å². The lowest BCUT2D eigenvalue weighted by atomic mass is 10.2. The second-order valence-corrected chi connectivity index (χ2v) is 4.10. The summed E-state index contributed by atoms with van der Waals surface area (Å²) in [5.41, 5.74) is 1.20. The van der Waals surface area contributed by atoms with Crippen LogP contribution in [0.2, 0.25) is 0 Å². The lowest BCUT2D eigenvalue weighted by molar-refractivity contribution is -0.121. The second kappa shape index (κ2) is 8.53. The highest BCUT2D eigenvalue weighted by molar-refractivity contribution is 5.75. The van der Waals surface area contributed by atoms with Gasteiger partial charge in [-0.25, -0.2) is 0 Å². The van der Waals surface area contributed by atoms with Crippen LogP contribution in [0.15, 0.2) is 24.3 Å². The molecule has 0 spiro atoms. The molecule has 1 amide bonds. The predicted octanol–water partition coefficient (Wildman–Crippen LogP) is 1.70. The van der Waals surface area contributed by atoms with E-state index in [1.54, 1.807) is 7.05 Å². The molecule has 0 aliphatic heterocycles. The minimum atomic E-state index is -0.00392. The van der Waals surface area contributed by atoms with Crippen LogP contribution in [-0.4, -0.2) is 26.1 Å². The summed E-state index contributed by atoms with van der Waals surface area (Å²) >= 11 is 0. The largest absolute Gasteiger partial charge is 0.493 e. The van der Waals surface area contributed by atoms with E-state index in [1.807, 2.05) is 18.2 Å². The Morgan fingerprint density at radius 1 is 1.39 bits per heavy atom. The summed E-state index contributed by atoms with van der Waals surface area (Å²) in [6.45, 7) is 4.42. The molecule has 1 rings (SSSR count). The van der Waals surface area contributed by atoms with Gasteiger partial charge in [-0.1, -0.05) is 19.1 Å². The van der Waals surface area contributed by atoms with Crippen molar-refractivity contribution in [3.05, 3.63) is 29.8 Å². The van der Waals surface area contributed by atoms with Crippen LogP contribution >= 0.6 is 0 Å². The molecule has 2 N–H and O–H groups in total. The Morgan fingerprint density at radius 2 is 2.22 bits per heavy atom. The number of nitrogens with one attached hydrogen (secondary N) is 2. The predicted molar refractivity (Wildman–Crippen MR) is 72.6 cm³/mol. The fourth-order valence-electron chi connectivity index (χ4n) is 1.54. The minimum absolute atomic E-state index is 0.00392. The van der Waals surface area contributed by atoms with E-state index in [0.29, 0.717) is 13.0 Å². The Labute approximate surface area is 109 Å². The van der Waals surface area contributed by atoms with Gasteiger partial charge in [0, 0.05) is 13.6 Å². The third-order valence-electron chi connectivity index (χ3n) is 2.53. The molecule has 0 bridgehead atoms. The fourth-order valence-corrected chi connectivity index (χ4v) is 1.54. The number of carbonyl (C=O) groups excluding carboxylic acids is 1. The number of hydrogen-bond acceptors (Lipinski definition) is 3. The average Bonchev–Trinajstić information content (AvgIpc) is 2.39. The number of ether oxygens (including phenoxy) is 1. The Hall–Kier alpha value is -1.55. The molecular weight excluding hydrogens is 228 g/mol. The molecule has 4 nitrogen and oxygen atoms in total. The van der Waals surface area contributed by atoms with Gasteiger partial charge in [0.2, 0.25) is 5.91 Å². The highest BCUT2D eigenvalue weighted by Crippen LogP contribution is 2.13. The molecule has 0 aliphatic carbocycles. The van der Waals surface area contributed by atoms with Gasteiger partial charge in [0.05, 0.1) is 13.0 Å². The summed E-state index contributed by atoms with van der Waals surface area (Å²) in [7, 11) is 1.63. The van der Waals surface area contributed by atoms with E-state index in [-0.39, 0.29) is 5.91 Å². The van der Waals surface area contributed by atoms with Crippen LogP contribution in [0.4, 0.5) is 0 Å². The van der Waals surface area contributed by atoms with Gasteiger partial charge in [-0.3, -0.25) is 4.79 Å². The summed E-state index contributed by atoms with van der Waals surface area (Å²) in [5, 5.41) is 5.91. The van der Waals surface area contributed by atoms with Gasteiger partial charge in [0.15, 0.2) is 0 Å². The van der Waals surface area contributed by atoms with Crippen molar-refractivity contribution in [1.29, 1.82) is 0 Å². The molecule has 0 aromatic heterocycles. The summed E-state index contributed by atoms with van der Waals surface area (Å²) in [5.74, 6) is 0.811. The van der Waals surface area contributed by atoms with Gasteiger partial charge in [-0.15, -0.1) is 0 Å². The molecule has 0 saturated carbocycles. The minimum Gasteiger partial charge on any atom is -0.493 e. The van der Waals surface area contributed by atoms with Gasteiger partial charge in [0.1, 0.15) is 5.75 Å². The summed E-state index contributed by atoms with van der Waals surface area (Å²) < 4.78 is 5.54. The Bertz CT molecular complexity index is 367. The lowest BCUT2D eigenvalue weighted by Gasteiger charge is -2.08. The van der Waals surface area contributed by atoms with Crippen LogP contribution in [0.25, 0.3) is 0 Å². The Morgan fingerprint density at radius 3 is 2.94 bits per heavy atom. The molecule has 0 aliphatic rings. The van der Waals surface area contributed by atoms with E-state index < -0.39 is 0 Å². The standard InChI is InChI=1S/C14H22N2O2/c1-3-8-16-11-12-5-4-6-13(10-12)18-9-7-14(17)15-2/h4-6,10,16H,3,7-9,11H2,1-2H3,(H,15,17). The average molecular weight is 250 g/mol. The van der Waals surface area contributed by atoms with Crippen LogP contribution < -0.4 is 15.4 Å². The number of carbonyl (C=O) groups is 1. The smallest absolute Gasteiger partial charge is 0.223 e. The van der Waals surface area contributed by atoms with Crippen molar-refractivity contribution in [2.24, 2.45) is 0 Å². The van der Waals surface area contributed by atoms with Crippen molar-refractivity contribution in [3.63, 3.8) is 0 Å². The second-order valence-electron chi connectivity index (χ2n) is 4.10. The third-order valence-corrected chi connectivity index (χ3v) is 2.53. The molecule has 18 heavy (non-hydrogen) atoms. The van der Waals surface area contributed by atoms with Gasteiger partial charge < -0.3 is 15.4 Å². The van der Waals surface area contributed by atoms with E-state index in [0.717, 1.165) is 25.3 Å². The van der Waals surface area contributed by atoms with E-state index in [2.05, 4.69) is 23.6 Å². The Kier molecular flexibility index (Phi) is 6.87. The van der Waals surface area contributed by atoms with Crippen LogP contribution in [0.5, 0.6) is 5.75 Å². The molecule has 0 heterocycles. The molecule has 0 fully saturated rings. The maximum absolute atomic E-state index is 11.0. The lowest BCUT2D eigenvalue weighted by Crippen LogP contribution is -2.20. The maximum atomic E-state index is 11.0. The monoisotopic (exact) mass is 250 g/mol. The van der Waals surface area contributed by atoms with Crippen LogP contribution in [0.3, 0.4) is 0 Å². The van der Waals surface area contributed by atoms with E-state index >= 15 is 0 Å². The first kappa shape index (κ1) is 14.5. The molecule has 4 heteroatoms. The zero-order valence-electron chi connectivity index (χ0n) is 11.2. The molecule has 0 unspecified atom stereocenters. The maximum Gasteiger partial charge on any atom is 0.223 e. The number of hydrogen-bond donors (Lipinski definition) is 2. The molecule has 0 radical (unpaired) electrons. The first-order valence-electron chi connectivity index (χ1n) is 6.39. The highest BCUT2D eigenvalue weighted by atomic mass is 16.5. The summed E-state index contributed by atoms with van der Waals surface area (Å²) in [6, 6.07) is 7.95. The van der Waals surface area contributed by atoms with E-state index in [1.165, 1.54) is 5.56 Å². The van der Waals surface area contributed by atoms with Gasteiger partial charge >= 0.3 is 0 Å². The third kappa shape index (κ3) is 5.68. The van der Waals surface area contributed by atoms with Crippen LogP contribution in [0, 0.1) is 0 Å². The molecule has 1 aromatic rings. The van der Waals surface area contributed by atoms with Gasteiger partial charge in [-0.2, -0.15) is 0 Å². The van der Waals surface area contributed by atoms with Crippen molar-refractivity contribution >= 4 is 5.91 Å².